The molecule has 0 unspecified atom stereocenters. The summed E-state index contributed by atoms with van der Waals surface area (Å²) in [6, 6.07) is 9.38. The third-order valence-electron chi connectivity index (χ3n) is 4.13. The lowest BCUT2D eigenvalue weighted by Crippen LogP contribution is -2.20. The van der Waals surface area contributed by atoms with E-state index in [0.717, 1.165) is 18.5 Å². The van der Waals surface area contributed by atoms with E-state index in [9.17, 15) is 4.79 Å². The van der Waals surface area contributed by atoms with Gasteiger partial charge in [-0.3, -0.25) is 4.79 Å². The quantitative estimate of drug-likeness (QED) is 0.880. The summed E-state index contributed by atoms with van der Waals surface area (Å²) in [5.74, 6) is 0.854. The van der Waals surface area contributed by atoms with Crippen LogP contribution in [0.3, 0.4) is 0 Å². The molecule has 0 aliphatic heterocycles. The van der Waals surface area contributed by atoms with Crippen molar-refractivity contribution in [1.29, 1.82) is 0 Å². The van der Waals surface area contributed by atoms with Crippen LogP contribution in [-0.4, -0.2) is 29.0 Å². The highest BCUT2D eigenvalue weighted by atomic mass is 16.5. The number of rotatable bonds is 5. The summed E-state index contributed by atoms with van der Waals surface area (Å²) in [5.41, 5.74) is 1.72. The van der Waals surface area contributed by atoms with Crippen LogP contribution in [0.15, 0.2) is 30.3 Å². The fourth-order valence-electron chi connectivity index (χ4n) is 2.94. The number of anilines is 2. The predicted octanol–water partition coefficient (Wildman–Crippen LogP) is 3.40. The highest BCUT2D eigenvalue weighted by Gasteiger charge is 2.18. The minimum Gasteiger partial charge on any atom is -0.495 e. The van der Waals surface area contributed by atoms with E-state index in [-0.39, 0.29) is 5.91 Å². The predicted molar refractivity (Wildman–Crippen MR) is 93.6 cm³/mol. The Morgan fingerprint density at radius 3 is 2.71 bits per heavy atom. The number of nitrogens with one attached hydrogen (secondary N) is 2. The summed E-state index contributed by atoms with van der Waals surface area (Å²) in [4.78, 5) is 21.3. The van der Waals surface area contributed by atoms with Gasteiger partial charge in [0.15, 0.2) is 0 Å². The monoisotopic (exact) mass is 326 g/mol. The Kier molecular flexibility index (Phi) is 4.93. The number of benzene rings is 1. The molecule has 1 aromatic carbocycles. The third kappa shape index (κ3) is 3.82. The number of carbonyl (C=O) groups is 1. The highest BCUT2D eigenvalue weighted by Crippen LogP contribution is 2.24. The van der Waals surface area contributed by atoms with Crippen LogP contribution in [0.25, 0.3) is 0 Å². The standard InChI is InChI=1S/C18H22N4O2/c1-12-11-15(22-18(19-12)20-13-7-3-4-8-13)17(23)21-14-9-5-6-10-16(14)24-2/h5-6,9-11,13H,3-4,7-8H2,1-2H3,(H,21,23)(H,19,20,22). The fraction of sp³-hybridized carbons (Fsp3) is 0.389. The molecule has 0 atom stereocenters. The van der Waals surface area contributed by atoms with Crippen LogP contribution < -0.4 is 15.4 Å². The Labute approximate surface area is 141 Å². The maximum absolute atomic E-state index is 12.5. The summed E-state index contributed by atoms with van der Waals surface area (Å²) >= 11 is 0. The van der Waals surface area contributed by atoms with Crippen molar-refractivity contribution >= 4 is 17.5 Å². The fourth-order valence-corrected chi connectivity index (χ4v) is 2.94. The first-order valence-electron chi connectivity index (χ1n) is 8.22. The van der Waals surface area contributed by atoms with Gasteiger partial charge >= 0.3 is 0 Å². The van der Waals surface area contributed by atoms with Gasteiger partial charge in [0.05, 0.1) is 12.8 Å². The highest BCUT2D eigenvalue weighted by molar-refractivity contribution is 6.03. The number of hydrogen-bond donors (Lipinski definition) is 2. The van der Waals surface area contributed by atoms with Gasteiger partial charge in [0, 0.05) is 11.7 Å². The average Bonchev–Trinajstić information content (AvgIpc) is 3.07. The lowest BCUT2D eigenvalue weighted by atomic mass is 10.2. The molecule has 2 N–H and O–H groups in total. The van der Waals surface area contributed by atoms with E-state index in [1.165, 1.54) is 12.8 Å². The lowest BCUT2D eigenvalue weighted by molar-refractivity contribution is 0.102. The molecule has 0 bridgehead atoms. The largest absolute Gasteiger partial charge is 0.495 e. The lowest BCUT2D eigenvalue weighted by Gasteiger charge is -2.14. The van der Waals surface area contributed by atoms with Gasteiger partial charge in [-0.05, 0) is 38.0 Å². The molecule has 6 heteroatoms. The zero-order valence-corrected chi connectivity index (χ0v) is 14.0. The smallest absolute Gasteiger partial charge is 0.274 e. The number of ether oxygens (including phenoxy) is 1. The van der Waals surface area contributed by atoms with Gasteiger partial charge < -0.3 is 15.4 Å². The first-order valence-corrected chi connectivity index (χ1v) is 8.22. The minimum absolute atomic E-state index is 0.278. The number of para-hydroxylation sites is 2. The van der Waals surface area contributed by atoms with Crippen LogP contribution in [0.2, 0.25) is 0 Å². The van der Waals surface area contributed by atoms with Crippen LogP contribution in [0, 0.1) is 6.92 Å². The molecule has 3 rings (SSSR count). The Morgan fingerprint density at radius 2 is 1.96 bits per heavy atom. The second kappa shape index (κ2) is 7.29. The van der Waals surface area contributed by atoms with Crippen molar-refractivity contribution in [2.45, 2.75) is 38.6 Å². The van der Waals surface area contributed by atoms with Gasteiger partial charge in [0.1, 0.15) is 11.4 Å². The van der Waals surface area contributed by atoms with Crippen LogP contribution in [0.5, 0.6) is 5.75 Å². The normalized spacial score (nSPS) is 14.4. The Hall–Kier alpha value is -2.63. The maximum atomic E-state index is 12.5. The molecule has 0 spiro atoms. The summed E-state index contributed by atoms with van der Waals surface area (Å²) in [7, 11) is 1.57. The molecule has 1 aromatic heterocycles. The topological polar surface area (TPSA) is 76.1 Å². The van der Waals surface area contributed by atoms with E-state index in [0.29, 0.717) is 29.1 Å². The number of aryl methyl sites for hydroxylation is 1. The molecule has 1 aliphatic rings. The average molecular weight is 326 g/mol. The number of amides is 1. The van der Waals surface area contributed by atoms with Crippen LogP contribution in [0.4, 0.5) is 11.6 Å². The maximum Gasteiger partial charge on any atom is 0.274 e. The van der Waals surface area contributed by atoms with E-state index < -0.39 is 0 Å². The molecule has 126 valence electrons. The zero-order valence-electron chi connectivity index (χ0n) is 14.0. The molecular weight excluding hydrogens is 304 g/mol. The van der Waals surface area contributed by atoms with E-state index in [4.69, 9.17) is 4.74 Å². The molecule has 6 nitrogen and oxygen atoms in total. The molecule has 1 heterocycles. The van der Waals surface area contributed by atoms with Crippen molar-refractivity contribution in [3.63, 3.8) is 0 Å². The molecule has 1 saturated carbocycles. The van der Waals surface area contributed by atoms with Crippen LogP contribution in [0.1, 0.15) is 41.9 Å². The van der Waals surface area contributed by atoms with Gasteiger partial charge in [-0.2, -0.15) is 0 Å². The summed E-state index contributed by atoms with van der Waals surface area (Å²) < 4.78 is 5.26. The Bertz CT molecular complexity index is 727. The number of carbonyl (C=O) groups excluding carboxylic acids is 1. The van der Waals surface area contributed by atoms with Crippen molar-refractivity contribution < 1.29 is 9.53 Å². The molecule has 1 amide bonds. The molecule has 1 aliphatic carbocycles. The SMILES string of the molecule is COc1ccccc1NC(=O)c1cc(C)nc(NC2CCCC2)n1. The van der Waals surface area contributed by atoms with Gasteiger partial charge in [0.2, 0.25) is 5.95 Å². The zero-order chi connectivity index (χ0) is 16.9. The second-order valence-corrected chi connectivity index (χ2v) is 6.00. The molecule has 0 radical (unpaired) electrons. The van der Waals surface area contributed by atoms with Crippen molar-refractivity contribution in [3.8, 4) is 5.75 Å². The van der Waals surface area contributed by atoms with Gasteiger partial charge in [-0.15, -0.1) is 0 Å². The van der Waals surface area contributed by atoms with Crippen LogP contribution in [-0.2, 0) is 0 Å². The summed E-state index contributed by atoms with van der Waals surface area (Å²) in [6.07, 6.45) is 4.70. The van der Waals surface area contributed by atoms with Crippen molar-refractivity contribution in [2.24, 2.45) is 0 Å². The van der Waals surface area contributed by atoms with Crippen molar-refractivity contribution in [2.75, 3.05) is 17.7 Å². The molecule has 0 saturated heterocycles. The van der Waals surface area contributed by atoms with E-state index in [1.54, 1.807) is 25.3 Å². The van der Waals surface area contributed by atoms with E-state index in [2.05, 4.69) is 20.6 Å². The summed E-state index contributed by atoms with van der Waals surface area (Å²) in [6.45, 7) is 1.86. The van der Waals surface area contributed by atoms with Gasteiger partial charge in [-0.25, -0.2) is 9.97 Å². The first-order chi connectivity index (χ1) is 11.7. The Balaban J connectivity index is 1.77. The molecule has 2 aromatic rings. The van der Waals surface area contributed by atoms with E-state index >= 15 is 0 Å². The molecule has 1 fully saturated rings. The number of methoxy groups -OCH3 is 1. The first kappa shape index (κ1) is 16.2. The second-order valence-electron chi connectivity index (χ2n) is 6.00. The molecule has 24 heavy (non-hydrogen) atoms. The number of aromatic nitrogens is 2. The van der Waals surface area contributed by atoms with Gasteiger partial charge in [-0.1, -0.05) is 25.0 Å². The van der Waals surface area contributed by atoms with Crippen LogP contribution >= 0.6 is 0 Å². The van der Waals surface area contributed by atoms with Crippen molar-refractivity contribution in [3.05, 3.63) is 41.7 Å². The molecular formula is C18H22N4O2. The van der Waals surface area contributed by atoms with Crippen molar-refractivity contribution in [1.82, 2.24) is 9.97 Å². The number of hydrogen-bond acceptors (Lipinski definition) is 5. The van der Waals surface area contributed by atoms with E-state index in [1.807, 2.05) is 19.1 Å². The Morgan fingerprint density at radius 1 is 1.21 bits per heavy atom. The van der Waals surface area contributed by atoms with Gasteiger partial charge in [0.25, 0.3) is 5.91 Å². The number of nitrogens with zero attached hydrogens (tertiary/aromatic N) is 2. The minimum atomic E-state index is -0.278. The summed E-state index contributed by atoms with van der Waals surface area (Å²) in [5, 5.41) is 6.18. The third-order valence-corrected chi connectivity index (χ3v) is 4.13.